The van der Waals surface area contributed by atoms with Crippen molar-refractivity contribution in [1.82, 2.24) is 4.90 Å². The molecule has 5 rings (SSSR count). The lowest BCUT2D eigenvalue weighted by Gasteiger charge is -2.36. The molecule has 0 aromatic heterocycles. The Hall–Kier alpha value is -3.06. The number of hydrogen-bond acceptors (Lipinski definition) is 6. The molecule has 0 saturated carbocycles. The maximum Gasteiger partial charge on any atom is 0.312 e. The first-order chi connectivity index (χ1) is 19.5. The summed E-state index contributed by atoms with van der Waals surface area (Å²) in [4.78, 5) is 21.8. The molecule has 1 fully saturated rings. The van der Waals surface area contributed by atoms with Gasteiger partial charge in [0.15, 0.2) is 5.90 Å². The third-order valence-electron chi connectivity index (χ3n) is 7.38. The average Bonchev–Trinajstić information content (AvgIpc) is 2.98. The van der Waals surface area contributed by atoms with Crippen molar-refractivity contribution in [2.24, 2.45) is 4.99 Å². The van der Waals surface area contributed by atoms with E-state index in [0.29, 0.717) is 41.8 Å². The van der Waals surface area contributed by atoms with Crippen molar-refractivity contribution in [3.05, 3.63) is 87.9 Å². The van der Waals surface area contributed by atoms with E-state index < -0.39 is 0 Å². The number of piperazine rings is 1. The lowest BCUT2D eigenvalue weighted by atomic mass is 10.0. The minimum Gasteiger partial charge on any atom is -0.494 e. The van der Waals surface area contributed by atoms with Gasteiger partial charge in [-0.2, -0.15) is 0 Å². The van der Waals surface area contributed by atoms with Crippen molar-refractivity contribution in [2.45, 2.75) is 38.5 Å². The maximum absolute atomic E-state index is 12.3. The molecule has 2 aliphatic rings. The Morgan fingerprint density at radius 2 is 1.73 bits per heavy atom. The summed E-state index contributed by atoms with van der Waals surface area (Å²) in [5.74, 6) is 1.04. The van der Waals surface area contributed by atoms with E-state index in [2.05, 4.69) is 20.9 Å². The highest BCUT2D eigenvalue weighted by molar-refractivity contribution is 6.43. The summed E-state index contributed by atoms with van der Waals surface area (Å²) in [5.41, 5.74) is 4.12. The molecule has 0 radical (unpaired) electrons. The van der Waals surface area contributed by atoms with Crippen LogP contribution < -0.4 is 9.64 Å². The molecule has 0 spiro atoms. The van der Waals surface area contributed by atoms with Crippen LogP contribution in [0, 0.1) is 0 Å². The first kappa shape index (κ1) is 28.5. The average molecular weight is 581 g/mol. The monoisotopic (exact) mass is 579 g/mol. The zero-order chi connectivity index (χ0) is 27.7. The smallest absolute Gasteiger partial charge is 0.312 e. The molecule has 8 heteroatoms. The van der Waals surface area contributed by atoms with Gasteiger partial charge in [0.1, 0.15) is 5.75 Å². The standard InChI is InChI=1S/C32H35Cl2N3O3/c33-27-9-6-10-29(32(27)34)37-20-18-36(19-21-37)17-4-5-22-39-26-14-12-25-13-15-30(35-28(25)23-26)40-31(38)16-11-24-7-2-1-3-8-24/h1-3,6-10,12,14,23H,4-5,11,13,15-22H2. The van der Waals surface area contributed by atoms with Crippen LogP contribution in [0.5, 0.6) is 5.75 Å². The van der Waals surface area contributed by atoms with Gasteiger partial charge in [-0.15, -0.1) is 0 Å². The molecular formula is C32H35Cl2N3O3. The number of esters is 1. The predicted octanol–water partition coefficient (Wildman–Crippen LogP) is 7.13. The van der Waals surface area contributed by atoms with E-state index in [9.17, 15) is 4.79 Å². The van der Waals surface area contributed by atoms with Crippen LogP contribution in [0.2, 0.25) is 10.0 Å². The molecule has 0 N–H and O–H groups in total. The quantitative estimate of drug-likeness (QED) is 0.189. The zero-order valence-electron chi connectivity index (χ0n) is 22.7. The van der Waals surface area contributed by atoms with Crippen molar-refractivity contribution in [3.63, 3.8) is 0 Å². The number of anilines is 1. The number of halogens is 2. The van der Waals surface area contributed by atoms with Crippen LogP contribution in [0.15, 0.2) is 71.7 Å². The number of aryl methyl sites for hydroxylation is 2. The summed E-state index contributed by atoms with van der Waals surface area (Å²) < 4.78 is 11.6. The van der Waals surface area contributed by atoms with E-state index in [-0.39, 0.29) is 5.97 Å². The fourth-order valence-corrected chi connectivity index (χ4v) is 5.52. The number of hydrogen-bond donors (Lipinski definition) is 0. The van der Waals surface area contributed by atoms with Crippen LogP contribution in [0.25, 0.3) is 0 Å². The van der Waals surface area contributed by atoms with Crippen molar-refractivity contribution in [3.8, 4) is 5.75 Å². The number of benzene rings is 3. The van der Waals surface area contributed by atoms with Gasteiger partial charge in [-0.1, -0.05) is 65.7 Å². The molecule has 6 nitrogen and oxygen atoms in total. The highest BCUT2D eigenvalue weighted by Gasteiger charge is 2.20. The van der Waals surface area contributed by atoms with Gasteiger partial charge in [0, 0.05) is 38.7 Å². The Morgan fingerprint density at radius 1 is 0.900 bits per heavy atom. The SMILES string of the molecule is O=C(CCc1ccccc1)OC1=Nc2cc(OCCCCN3CCN(c4cccc(Cl)c4Cl)CC3)ccc2CC1. The van der Waals surface area contributed by atoms with Crippen molar-refractivity contribution < 1.29 is 14.3 Å². The third-order valence-corrected chi connectivity index (χ3v) is 8.19. The summed E-state index contributed by atoms with van der Waals surface area (Å²) in [6.45, 7) is 5.60. The fourth-order valence-electron chi connectivity index (χ4n) is 5.10. The van der Waals surface area contributed by atoms with Gasteiger partial charge in [0.2, 0.25) is 0 Å². The van der Waals surface area contributed by atoms with Crippen LogP contribution in [0.4, 0.5) is 11.4 Å². The summed E-state index contributed by atoms with van der Waals surface area (Å²) in [7, 11) is 0. The van der Waals surface area contributed by atoms with E-state index >= 15 is 0 Å². The number of fused-ring (bicyclic) bond motifs is 1. The molecule has 0 aliphatic carbocycles. The largest absolute Gasteiger partial charge is 0.494 e. The molecule has 2 heterocycles. The predicted molar refractivity (Wildman–Crippen MR) is 163 cm³/mol. The lowest BCUT2D eigenvalue weighted by Crippen LogP contribution is -2.46. The first-order valence-corrected chi connectivity index (χ1v) is 14.8. The topological polar surface area (TPSA) is 54.4 Å². The number of aliphatic imine (C=N–C) groups is 1. The number of rotatable bonds is 10. The Balaban J connectivity index is 1.02. The molecule has 210 valence electrons. The summed E-state index contributed by atoms with van der Waals surface area (Å²) in [6, 6.07) is 21.8. The minimum atomic E-state index is -0.242. The Labute approximate surface area is 246 Å². The third kappa shape index (κ3) is 7.78. The lowest BCUT2D eigenvalue weighted by molar-refractivity contribution is -0.135. The van der Waals surface area contributed by atoms with Gasteiger partial charge in [0.05, 0.1) is 34.4 Å². The van der Waals surface area contributed by atoms with E-state index in [1.165, 1.54) is 0 Å². The minimum absolute atomic E-state index is 0.242. The summed E-state index contributed by atoms with van der Waals surface area (Å²) >= 11 is 12.6. The molecule has 1 saturated heterocycles. The van der Waals surface area contributed by atoms with Crippen molar-refractivity contribution >= 4 is 46.4 Å². The normalized spacial score (nSPS) is 15.3. The number of ether oxygens (including phenoxy) is 2. The number of nitrogens with zero attached hydrogens (tertiary/aromatic N) is 3. The van der Waals surface area contributed by atoms with E-state index in [1.54, 1.807) is 0 Å². The highest BCUT2D eigenvalue weighted by atomic mass is 35.5. The van der Waals surface area contributed by atoms with Crippen molar-refractivity contribution in [2.75, 3.05) is 44.2 Å². The van der Waals surface area contributed by atoms with Gasteiger partial charge in [-0.05, 0) is 61.6 Å². The van der Waals surface area contributed by atoms with Gasteiger partial charge in [0.25, 0.3) is 0 Å². The molecule has 2 aliphatic heterocycles. The van der Waals surface area contributed by atoms with Gasteiger partial charge >= 0.3 is 5.97 Å². The second-order valence-corrected chi connectivity index (χ2v) is 11.0. The number of carbonyl (C=O) groups is 1. The second kappa shape index (κ2) is 14.0. The highest BCUT2D eigenvalue weighted by Crippen LogP contribution is 2.33. The molecule has 0 bridgehead atoms. The molecule has 0 amide bonds. The molecule has 3 aromatic rings. The maximum atomic E-state index is 12.3. The molecule has 3 aromatic carbocycles. The van der Waals surface area contributed by atoms with Gasteiger partial charge in [-0.25, -0.2) is 4.99 Å². The molecule has 0 unspecified atom stereocenters. The van der Waals surface area contributed by atoms with Crippen LogP contribution in [0.1, 0.15) is 36.8 Å². The van der Waals surface area contributed by atoms with E-state index in [1.807, 2.05) is 60.7 Å². The van der Waals surface area contributed by atoms with E-state index in [0.717, 1.165) is 80.2 Å². The Kier molecular flexibility index (Phi) is 9.98. The van der Waals surface area contributed by atoms with Crippen molar-refractivity contribution in [1.29, 1.82) is 0 Å². The van der Waals surface area contributed by atoms with Gasteiger partial charge in [-0.3, -0.25) is 9.69 Å². The van der Waals surface area contributed by atoms with Crippen LogP contribution in [-0.4, -0.2) is 56.1 Å². The number of carbonyl (C=O) groups excluding carboxylic acids is 1. The van der Waals surface area contributed by atoms with Crippen LogP contribution in [-0.2, 0) is 22.4 Å². The Bertz CT molecular complexity index is 1320. The summed E-state index contributed by atoms with van der Waals surface area (Å²) in [6.07, 6.45) is 4.48. The number of unbranched alkanes of at least 4 members (excludes halogenated alkanes) is 1. The zero-order valence-corrected chi connectivity index (χ0v) is 24.2. The Morgan fingerprint density at radius 3 is 2.55 bits per heavy atom. The summed E-state index contributed by atoms with van der Waals surface area (Å²) in [5, 5.41) is 1.24. The second-order valence-electron chi connectivity index (χ2n) is 10.2. The van der Waals surface area contributed by atoms with Crippen LogP contribution >= 0.6 is 23.2 Å². The molecule has 40 heavy (non-hydrogen) atoms. The molecular weight excluding hydrogens is 545 g/mol. The first-order valence-electron chi connectivity index (χ1n) is 14.0. The molecule has 0 atom stereocenters. The van der Waals surface area contributed by atoms with Crippen LogP contribution in [0.3, 0.4) is 0 Å². The van der Waals surface area contributed by atoms with Gasteiger partial charge < -0.3 is 14.4 Å². The van der Waals surface area contributed by atoms with E-state index in [4.69, 9.17) is 32.7 Å². The fraction of sp³-hybridized carbons (Fsp3) is 0.375.